The Kier molecular flexibility index (Phi) is 4.01. The third-order valence-corrected chi connectivity index (χ3v) is 3.26. The lowest BCUT2D eigenvalue weighted by Gasteiger charge is -2.06. The highest BCUT2D eigenvalue weighted by atomic mass is 127. The summed E-state index contributed by atoms with van der Waals surface area (Å²) in [5.41, 5.74) is 0.763. The van der Waals surface area contributed by atoms with Crippen molar-refractivity contribution in [2.75, 3.05) is 0 Å². The van der Waals surface area contributed by atoms with Crippen molar-refractivity contribution in [3.63, 3.8) is 0 Å². The molecule has 0 saturated heterocycles. The van der Waals surface area contributed by atoms with E-state index < -0.39 is 0 Å². The summed E-state index contributed by atoms with van der Waals surface area (Å²) in [6, 6.07) is 7.30. The van der Waals surface area contributed by atoms with Gasteiger partial charge in [0.2, 0.25) is 5.88 Å². The third-order valence-electron chi connectivity index (χ3n) is 2.05. The van der Waals surface area contributed by atoms with Crippen LogP contribution in [0.2, 0.25) is 5.02 Å². The predicted molar refractivity (Wildman–Crippen MR) is 73.4 cm³/mol. The number of aromatic nitrogens is 2. The molecule has 0 bridgehead atoms. The number of halogens is 2. The van der Waals surface area contributed by atoms with Gasteiger partial charge < -0.3 is 9.72 Å². The summed E-state index contributed by atoms with van der Waals surface area (Å²) in [4.78, 5) is 17.7. The lowest BCUT2D eigenvalue weighted by atomic mass is 10.2. The van der Waals surface area contributed by atoms with E-state index >= 15 is 0 Å². The molecule has 6 heteroatoms. The van der Waals surface area contributed by atoms with Crippen molar-refractivity contribution in [2.24, 2.45) is 0 Å². The van der Waals surface area contributed by atoms with Crippen LogP contribution in [0, 0.1) is 3.57 Å². The van der Waals surface area contributed by atoms with Crippen LogP contribution < -0.4 is 10.3 Å². The van der Waals surface area contributed by atoms with Crippen LogP contribution in [0.5, 0.6) is 5.88 Å². The predicted octanol–water partition coefficient (Wildman–Crippen LogP) is 2.61. The maximum atomic E-state index is 11.3. The Bertz CT molecular complexity index is 568. The Hall–Kier alpha value is -1.08. The fourth-order valence-electron chi connectivity index (χ4n) is 1.20. The summed E-state index contributed by atoms with van der Waals surface area (Å²) in [5.74, 6) is 0.337. The quantitative estimate of drug-likeness (QED) is 0.854. The monoisotopic (exact) mass is 362 g/mol. The largest absolute Gasteiger partial charge is 0.472 e. The minimum atomic E-state index is -0.202. The lowest BCUT2D eigenvalue weighted by molar-refractivity contribution is 0.290. The van der Waals surface area contributed by atoms with Crippen molar-refractivity contribution in [3.8, 4) is 5.88 Å². The van der Waals surface area contributed by atoms with E-state index in [0.29, 0.717) is 21.1 Å². The molecule has 0 amide bonds. The van der Waals surface area contributed by atoms with Crippen LogP contribution in [-0.4, -0.2) is 9.97 Å². The maximum Gasteiger partial charge on any atom is 0.268 e. The number of aromatic amines is 1. The fourth-order valence-corrected chi connectivity index (χ4v) is 1.78. The molecule has 0 aliphatic carbocycles. The van der Waals surface area contributed by atoms with Crippen LogP contribution in [0.15, 0.2) is 35.4 Å². The van der Waals surface area contributed by atoms with Gasteiger partial charge in [-0.05, 0) is 40.3 Å². The molecule has 1 aromatic heterocycles. The fraction of sp³-hybridized carbons (Fsp3) is 0.0909. The van der Waals surface area contributed by atoms with Gasteiger partial charge in [0.25, 0.3) is 5.56 Å². The number of hydrogen-bond donors (Lipinski definition) is 1. The molecule has 2 rings (SSSR count). The van der Waals surface area contributed by atoms with E-state index in [0.717, 1.165) is 5.56 Å². The van der Waals surface area contributed by atoms with Crippen LogP contribution in [0.1, 0.15) is 5.56 Å². The Balaban J connectivity index is 2.10. The van der Waals surface area contributed by atoms with Crippen molar-refractivity contribution in [1.82, 2.24) is 9.97 Å². The minimum absolute atomic E-state index is 0.202. The van der Waals surface area contributed by atoms with Gasteiger partial charge in [-0.25, -0.2) is 4.98 Å². The summed E-state index contributed by atoms with van der Waals surface area (Å²) in [6.45, 7) is 0.351. The van der Waals surface area contributed by atoms with Gasteiger partial charge in [0.1, 0.15) is 10.2 Å². The van der Waals surface area contributed by atoms with Gasteiger partial charge in [0, 0.05) is 5.02 Å². The molecular weight excluding hydrogens is 354 g/mol. The van der Waals surface area contributed by atoms with Crippen LogP contribution in [0.25, 0.3) is 0 Å². The second-order valence-corrected chi connectivity index (χ2v) is 4.78. The van der Waals surface area contributed by atoms with Crippen molar-refractivity contribution < 1.29 is 4.74 Å². The number of hydrogen-bond acceptors (Lipinski definition) is 3. The summed E-state index contributed by atoms with van der Waals surface area (Å²) in [5, 5.41) is 0.678. The lowest BCUT2D eigenvalue weighted by Crippen LogP contribution is -2.12. The number of benzene rings is 1. The molecule has 88 valence electrons. The van der Waals surface area contributed by atoms with Gasteiger partial charge in [-0.3, -0.25) is 4.79 Å². The summed E-state index contributed by atoms with van der Waals surface area (Å²) in [7, 11) is 0. The van der Waals surface area contributed by atoms with Crippen LogP contribution >= 0.6 is 34.2 Å². The number of ether oxygens (including phenoxy) is 1. The highest BCUT2D eigenvalue weighted by molar-refractivity contribution is 14.1. The number of rotatable bonds is 3. The van der Waals surface area contributed by atoms with E-state index in [-0.39, 0.29) is 5.56 Å². The standard InChI is InChI=1S/C11H8ClIN2O2/c12-8-3-1-7(2-4-8)5-17-11-9(13)10(16)14-6-15-11/h1-4,6H,5H2,(H,14,15,16). The van der Waals surface area contributed by atoms with Crippen LogP contribution in [-0.2, 0) is 6.61 Å². The van der Waals surface area contributed by atoms with Crippen molar-refractivity contribution in [1.29, 1.82) is 0 Å². The Morgan fingerprint density at radius 3 is 2.76 bits per heavy atom. The van der Waals surface area contributed by atoms with Gasteiger partial charge in [0.05, 0.1) is 6.33 Å². The second kappa shape index (κ2) is 5.50. The zero-order valence-corrected chi connectivity index (χ0v) is 11.5. The average molecular weight is 363 g/mol. The Morgan fingerprint density at radius 1 is 1.35 bits per heavy atom. The smallest absolute Gasteiger partial charge is 0.268 e. The number of H-pyrrole nitrogens is 1. The van der Waals surface area contributed by atoms with Crippen molar-refractivity contribution >= 4 is 34.2 Å². The average Bonchev–Trinajstić information content (AvgIpc) is 2.33. The number of nitrogens with zero attached hydrogens (tertiary/aromatic N) is 1. The molecule has 2 aromatic rings. The number of nitrogens with one attached hydrogen (secondary N) is 1. The van der Waals surface area contributed by atoms with Crippen molar-refractivity contribution in [2.45, 2.75) is 6.61 Å². The SMILES string of the molecule is O=c1[nH]cnc(OCc2ccc(Cl)cc2)c1I. The molecule has 0 spiro atoms. The molecule has 0 radical (unpaired) electrons. The third kappa shape index (κ3) is 3.19. The molecule has 0 aliphatic heterocycles. The molecule has 4 nitrogen and oxygen atoms in total. The topological polar surface area (TPSA) is 55.0 Å². The van der Waals surface area contributed by atoms with Gasteiger partial charge in [0.15, 0.2) is 0 Å². The molecule has 1 heterocycles. The molecule has 17 heavy (non-hydrogen) atoms. The highest BCUT2D eigenvalue weighted by Gasteiger charge is 2.06. The maximum absolute atomic E-state index is 11.3. The Labute approximate surface area is 116 Å². The zero-order chi connectivity index (χ0) is 12.3. The van der Waals surface area contributed by atoms with Gasteiger partial charge in [-0.15, -0.1) is 0 Å². The van der Waals surface area contributed by atoms with E-state index in [2.05, 4.69) is 9.97 Å². The molecular formula is C11H8ClIN2O2. The summed E-state index contributed by atoms with van der Waals surface area (Å²) >= 11 is 7.68. The van der Waals surface area contributed by atoms with E-state index in [4.69, 9.17) is 16.3 Å². The first kappa shape index (κ1) is 12.4. The Morgan fingerprint density at radius 2 is 2.06 bits per heavy atom. The summed E-state index contributed by atoms with van der Waals surface area (Å²) in [6.07, 6.45) is 1.32. The van der Waals surface area contributed by atoms with E-state index in [1.807, 2.05) is 34.7 Å². The van der Waals surface area contributed by atoms with Gasteiger partial charge in [-0.1, -0.05) is 23.7 Å². The second-order valence-electron chi connectivity index (χ2n) is 3.27. The summed E-state index contributed by atoms with van der Waals surface area (Å²) < 4.78 is 5.91. The van der Waals surface area contributed by atoms with Crippen LogP contribution in [0.3, 0.4) is 0 Å². The highest BCUT2D eigenvalue weighted by Crippen LogP contribution is 2.15. The molecule has 0 aliphatic rings. The molecule has 0 unspecified atom stereocenters. The van der Waals surface area contributed by atoms with E-state index in [1.54, 1.807) is 12.1 Å². The normalized spacial score (nSPS) is 10.2. The minimum Gasteiger partial charge on any atom is -0.472 e. The molecule has 1 N–H and O–H groups in total. The molecule has 0 fully saturated rings. The van der Waals surface area contributed by atoms with E-state index in [9.17, 15) is 4.79 Å². The molecule has 0 atom stereocenters. The van der Waals surface area contributed by atoms with Crippen LogP contribution in [0.4, 0.5) is 0 Å². The van der Waals surface area contributed by atoms with Crippen molar-refractivity contribution in [3.05, 3.63) is 55.1 Å². The van der Waals surface area contributed by atoms with Gasteiger partial charge in [-0.2, -0.15) is 0 Å². The first-order chi connectivity index (χ1) is 8.16. The molecule has 0 saturated carbocycles. The van der Waals surface area contributed by atoms with E-state index in [1.165, 1.54) is 6.33 Å². The van der Waals surface area contributed by atoms with Gasteiger partial charge >= 0.3 is 0 Å². The zero-order valence-electron chi connectivity index (χ0n) is 8.61. The molecule has 1 aromatic carbocycles. The first-order valence-corrected chi connectivity index (χ1v) is 6.23. The first-order valence-electron chi connectivity index (χ1n) is 4.77.